The highest BCUT2D eigenvalue weighted by Gasteiger charge is 2.30. The number of amides is 2. The summed E-state index contributed by atoms with van der Waals surface area (Å²) in [4.78, 5) is 28.4. The fourth-order valence-electron chi connectivity index (χ4n) is 3.01. The number of carbonyl (C=O) groups excluding carboxylic acids is 2. The zero-order chi connectivity index (χ0) is 17.1. The molecule has 2 amide bonds. The lowest BCUT2D eigenvalue weighted by atomic mass is 10.1. The van der Waals surface area contributed by atoms with Gasteiger partial charge in [-0.05, 0) is 37.5 Å². The Labute approximate surface area is 141 Å². The third kappa shape index (κ3) is 4.32. The molecule has 0 spiro atoms. The van der Waals surface area contributed by atoms with Gasteiger partial charge in [-0.15, -0.1) is 0 Å². The molecule has 130 valence electrons. The van der Waals surface area contributed by atoms with Gasteiger partial charge in [-0.2, -0.15) is 0 Å². The summed E-state index contributed by atoms with van der Waals surface area (Å²) in [7, 11) is 0. The van der Waals surface area contributed by atoms with Crippen molar-refractivity contribution in [3.05, 3.63) is 35.6 Å². The van der Waals surface area contributed by atoms with E-state index in [1.807, 2.05) is 6.92 Å². The van der Waals surface area contributed by atoms with E-state index in [-0.39, 0.29) is 30.1 Å². The Bertz CT molecular complexity index is 610. The largest absolute Gasteiger partial charge is 0.352 e. The minimum atomic E-state index is -0.319. The molecule has 1 aromatic carbocycles. The molecule has 2 aliphatic rings. The minimum absolute atomic E-state index is 0.00957. The smallest absolute Gasteiger partial charge is 0.237 e. The quantitative estimate of drug-likeness (QED) is 0.880. The van der Waals surface area contributed by atoms with E-state index in [1.165, 1.54) is 12.1 Å². The number of piperazine rings is 1. The molecule has 1 aliphatic carbocycles. The summed E-state index contributed by atoms with van der Waals surface area (Å²) in [5.41, 5.74) is 0.694. The fraction of sp³-hybridized carbons (Fsp3) is 0.556. The first kappa shape index (κ1) is 16.9. The molecule has 5 nitrogen and oxygen atoms in total. The van der Waals surface area contributed by atoms with Crippen molar-refractivity contribution in [2.24, 2.45) is 0 Å². The molecule has 1 aromatic rings. The van der Waals surface area contributed by atoms with E-state index in [0.717, 1.165) is 12.8 Å². The second-order valence-corrected chi connectivity index (χ2v) is 6.68. The van der Waals surface area contributed by atoms with Crippen LogP contribution in [0.4, 0.5) is 4.39 Å². The van der Waals surface area contributed by atoms with Crippen LogP contribution in [-0.4, -0.2) is 59.9 Å². The summed E-state index contributed by atoms with van der Waals surface area (Å²) in [5.74, 6) is -0.229. The molecule has 1 atom stereocenters. The lowest BCUT2D eigenvalue weighted by Crippen LogP contribution is -2.55. The van der Waals surface area contributed by atoms with Crippen LogP contribution in [0, 0.1) is 5.82 Å². The average molecular weight is 333 g/mol. The van der Waals surface area contributed by atoms with Crippen LogP contribution >= 0.6 is 0 Å². The summed E-state index contributed by atoms with van der Waals surface area (Å²) >= 11 is 0. The molecule has 1 saturated carbocycles. The number of nitrogens with one attached hydrogen (secondary N) is 1. The number of benzene rings is 1. The average Bonchev–Trinajstić information content (AvgIpc) is 3.38. The normalized spacial score (nSPS) is 19.8. The van der Waals surface area contributed by atoms with Gasteiger partial charge in [0.25, 0.3) is 0 Å². The van der Waals surface area contributed by atoms with E-state index in [4.69, 9.17) is 0 Å². The van der Waals surface area contributed by atoms with E-state index < -0.39 is 0 Å². The van der Waals surface area contributed by atoms with Gasteiger partial charge in [-0.3, -0.25) is 14.5 Å². The van der Waals surface area contributed by atoms with Crippen LogP contribution in [0.2, 0.25) is 0 Å². The van der Waals surface area contributed by atoms with Crippen molar-refractivity contribution in [1.82, 2.24) is 15.1 Å². The van der Waals surface area contributed by atoms with Crippen molar-refractivity contribution in [2.45, 2.75) is 38.3 Å². The SMILES string of the molecule is CC(C(=O)NC1CC1)N1CCN(C(=O)Cc2cccc(F)c2)CC1. The van der Waals surface area contributed by atoms with Crippen LogP contribution in [0.1, 0.15) is 25.3 Å². The van der Waals surface area contributed by atoms with Crippen LogP contribution in [0.15, 0.2) is 24.3 Å². The zero-order valence-corrected chi connectivity index (χ0v) is 14.0. The Balaban J connectivity index is 1.47. The van der Waals surface area contributed by atoms with Crippen LogP contribution in [0.5, 0.6) is 0 Å². The molecule has 1 unspecified atom stereocenters. The van der Waals surface area contributed by atoms with Crippen molar-refractivity contribution in [3.63, 3.8) is 0 Å². The number of nitrogens with zero attached hydrogens (tertiary/aromatic N) is 2. The molecule has 0 aromatic heterocycles. The summed E-state index contributed by atoms with van der Waals surface area (Å²) in [6.45, 7) is 4.51. The second-order valence-electron chi connectivity index (χ2n) is 6.68. The molecule has 0 bridgehead atoms. The Kier molecular flexibility index (Phi) is 5.14. The minimum Gasteiger partial charge on any atom is -0.352 e. The van der Waals surface area contributed by atoms with Crippen molar-refractivity contribution in [1.29, 1.82) is 0 Å². The first-order chi connectivity index (χ1) is 11.5. The van der Waals surface area contributed by atoms with Gasteiger partial charge >= 0.3 is 0 Å². The standard InChI is InChI=1S/C18H24FN3O2/c1-13(18(24)20-16-5-6-16)21-7-9-22(10-8-21)17(23)12-14-3-2-4-15(19)11-14/h2-4,11,13,16H,5-10,12H2,1H3,(H,20,24). The number of rotatable bonds is 5. The summed E-state index contributed by atoms with van der Waals surface area (Å²) in [5, 5.41) is 3.03. The first-order valence-corrected chi connectivity index (χ1v) is 8.59. The predicted octanol–water partition coefficient (Wildman–Crippen LogP) is 1.18. The fourth-order valence-corrected chi connectivity index (χ4v) is 3.01. The molecule has 1 saturated heterocycles. The maximum Gasteiger partial charge on any atom is 0.237 e. The number of hydrogen-bond acceptors (Lipinski definition) is 3. The summed E-state index contributed by atoms with van der Waals surface area (Å²) in [6, 6.07) is 6.37. The van der Waals surface area contributed by atoms with Crippen LogP contribution in [-0.2, 0) is 16.0 Å². The van der Waals surface area contributed by atoms with Gasteiger partial charge in [-0.1, -0.05) is 12.1 Å². The highest BCUT2D eigenvalue weighted by Crippen LogP contribution is 2.19. The molecule has 1 aliphatic heterocycles. The molecule has 1 N–H and O–H groups in total. The van der Waals surface area contributed by atoms with Gasteiger partial charge in [0.05, 0.1) is 12.5 Å². The Morgan fingerprint density at radius 1 is 1.25 bits per heavy atom. The van der Waals surface area contributed by atoms with Gasteiger partial charge in [0, 0.05) is 32.2 Å². The number of hydrogen-bond donors (Lipinski definition) is 1. The zero-order valence-electron chi connectivity index (χ0n) is 14.0. The monoisotopic (exact) mass is 333 g/mol. The molecular formula is C18H24FN3O2. The summed E-state index contributed by atoms with van der Waals surface area (Å²) < 4.78 is 13.2. The summed E-state index contributed by atoms with van der Waals surface area (Å²) in [6.07, 6.45) is 2.39. The molecule has 2 fully saturated rings. The third-order valence-corrected chi connectivity index (χ3v) is 4.76. The predicted molar refractivity (Wildman–Crippen MR) is 88.9 cm³/mol. The van der Waals surface area contributed by atoms with Gasteiger partial charge in [0.2, 0.25) is 11.8 Å². The van der Waals surface area contributed by atoms with Crippen molar-refractivity contribution in [3.8, 4) is 0 Å². The molecular weight excluding hydrogens is 309 g/mol. The maximum atomic E-state index is 13.2. The lowest BCUT2D eigenvalue weighted by molar-refractivity contribution is -0.133. The van der Waals surface area contributed by atoms with Gasteiger partial charge in [0.1, 0.15) is 5.82 Å². The third-order valence-electron chi connectivity index (χ3n) is 4.76. The molecule has 0 radical (unpaired) electrons. The van der Waals surface area contributed by atoms with Gasteiger partial charge in [0.15, 0.2) is 0 Å². The second kappa shape index (κ2) is 7.30. The Hall–Kier alpha value is -1.95. The van der Waals surface area contributed by atoms with E-state index >= 15 is 0 Å². The Morgan fingerprint density at radius 3 is 2.58 bits per heavy atom. The van der Waals surface area contributed by atoms with Crippen LogP contribution in [0.3, 0.4) is 0 Å². The van der Waals surface area contributed by atoms with Crippen LogP contribution in [0.25, 0.3) is 0 Å². The molecule has 1 heterocycles. The van der Waals surface area contributed by atoms with E-state index in [9.17, 15) is 14.0 Å². The van der Waals surface area contributed by atoms with E-state index in [1.54, 1.807) is 17.0 Å². The number of halogens is 1. The van der Waals surface area contributed by atoms with E-state index in [0.29, 0.717) is 37.8 Å². The highest BCUT2D eigenvalue weighted by molar-refractivity contribution is 5.82. The van der Waals surface area contributed by atoms with Gasteiger partial charge < -0.3 is 10.2 Å². The molecule has 6 heteroatoms. The Morgan fingerprint density at radius 2 is 1.96 bits per heavy atom. The molecule has 24 heavy (non-hydrogen) atoms. The van der Waals surface area contributed by atoms with Crippen LogP contribution < -0.4 is 5.32 Å². The van der Waals surface area contributed by atoms with Crippen molar-refractivity contribution < 1.29 is 14.0 Å². The highest BCUT2D eigenvalue weighted by atomic mass is 19.1. The van der Waals surface area contributed by atoms with E-state index in [2.05, 4.69) is 10.2 Å². The topological polar surface area (TPSA) is 52.7 Å². The van der Waals surface area contributed by atoms with Crippen molar-refractivity contribution >= 4 is 11.8 Å². The molecule has 3 rings (SSSR count). The lowest BCUT2D eigenvalue weighted by Gasteiger charge is -2.37. The van der Waals surface area contributed by atoms with Crippen molar-refractivity contribution in [2.75, 3.05) is 26.2 Å². The number of carbonyl (C=O) groups is 2. The maximum absolute atomic E-state index is 13.2. The first-order valence-electron chi connectivity index (χ1n) is 8.59. The van der Waals surface area contributed by atoms with Gasteiger partial charge in [-0.25, -0.2) is 4.39 Å².